The number of hydrogen-bond donors (Lipinski definition) is 2. The van der Waals surface area contributed by atoms with Gasteiger partial charge in [-0.15, -0.1) is 0 Å². The molecule has 0 aliphatic heterocycles. The molecule has 0 spiro atoms. The topological polar surface area (TPSA) is 84.3 Å². The summed E-state index contributed by atoms with van der Waals surface area (Å²) in [5, 5.41) is 16.5. The molecule has 1 aromatic rings. The second-order valence-corrected chi connectivity index (χ2v) is 4.93. The summed E-state index contributed by atoms with van der Waals surface area (Å²) in [6.45, 7) is 5.77. The summed E-state index contributed by atoms with van der Waals surface area (Å²) in [6, 6.07) is 4.39. The maximum Gasteiger partial charge on any atom is 0.293 e. The van der Waals surface area contributed by atoms with Crippen LogP contribution in [0.15, 0.2) is 18.2 Å². The monoisotopic (exact) mass is 265 g/mol. The molecule has 0 heterocycles. The fourth-order valence-electron chi connectivity index (χ4n) is 1.50. The van der Waals surface area contributed by atoms with Crippen LogP contribution >= 0.6 is 0 Å². The van der Waals surface area contributed by atoms with E-state index in [1.165, 1.54) is 12.1 Å². The van der Waals surface area contributed by atoms with Gasteiger partial charge in [0.1, 0.15) is 5.69 Å². The normalized spacial score (nSPS) is 10.9. The summed E-state index contributed by atoms with van der Waals surface area (Å²) in [5.74, 6) is -0.308. The van der Waals surface area contributed by atoms with E-state index in [0.29, 0.717) is 5.69 Å². The number of carbonyl (C=O) groups is 1. The van der Waals surface area contributed by atoms with Crippen LogP contribution in [0, 0.1) is 10.1 Å². The van der Waals surface area contributed by atoms with Crippen LogP contribution in [0.4, 0.5) is 11.4 Å². The lowest BCUT2D eigenvalue weighted by molar-refractivity contribution is -0.384. The standard InChI is InChI=1S/C13H19N3O3/c1-5-13(2,3)15-12(17)9-6-7-10(14-4)11(8-9)16(18)19/h6-8,14H,5H2,1-4H3,(H,15,17). The first-order valence-corrected chi connectivity index (χ1v) is 6.09. The van der Waals surface area contributed by atoms with E-state index in [0.717, 1.165) is 6.42 Å². The minimum atomic E-state index is -0.506. The number of benzene rings is 1. The lowest BCUT2D eigenvalue weighted by Gasteiger charge is -2.24. The van der Waals surface area contributed by atoms with Crippen molar-refractivity contribution < 1.29 is 9.72 Å². The molecule has 0 radical (unpaired) electrons. The quantitative estimate of drug-likeness (QED) is 0.633. The molecule has 0 saturated carbocycles. The summed E-state index contributed by atoms with van der Waals surface area (Å²) in [7, 11) is 1.60. The molecule has 0 unspecified atom stereocenters. The van der Waals surface area contributed by atoms with Gasteiger partial charge in [-0.25, -0.2) is 0 Å². The van der Waals surface area contributed by atoms with Crippen LogP contribution in [0.2, 0.25) is 0 Å². The summed E-state index contributed by atoms with van der Waals surface area (Å²) in [5.41, 5.74) is 0.223. The molecule has 0 saturated heterocycles. The van der Waals surface area contributed by atoms with Crippen LogP contribution in [0.3, 0.4) is 0 Å². The van der Waals surface area contributed by atoms with Crippen molar-refractivity contribution in [2.45, 2.75) is 32.7 Å². The van der Waals surface area contributed by atoms with E-state index in [1.807, 2.05) is 20.8 Å². The minimum Gasteiger partial charge on any atom is -0.383 e. The van der Waals surface area contributed by atoms with Gasteiger partial charge >= 0.3 is 0 Å². The Balaban J connectivity index is 3.06. The fraction of sp³-hybridized carbons (Fsp3) is 0.462. The number of hydrogen-bond acceptors (Lipinski definition) is 4. The fourth-order valence-corrected chi connectivity index (χ4v) is 1.50. The van der Waals surface area contributed by atoms with Crippen molar-refractivity contribution in [1.82, 2.24) is 5.32 Å². The SMILES string of the molecule is CCC(C)(C)NC(=O)c1ccc(NC)c([N+](=O)[O-])c1. The third-order valence-corrected chi connectivity index (χ3v) is 3.06. The zero-order valence-electron chi connectivity index (χ0n) is 11.6. The lowest BCUT2D eigenvalue weighted by Crippen LogP contribution is -2.42. The van der Waals surface area contributed by atoms with Gasteiger partial charge < -0.3 is 10.6 Å². The van der Waals surface area contributed by atoms with Crippen molar-refractivity contribution in [3.05, 3.63) is 33.9 Å². The van der Waals surface area contributed by atoms with E-state index in [1.54, 1.807) is 13.1 Å². The summed E-state index contributed by atoms with van der Waals surface area (Å²) in [4.78, 5) is 22.5. The molecule has 0 aliphatic rings. The van der Waals surface area contributed by atoms with Crippen molar-refractivity contribution >= 4 is 17.3 Å². The number of nitro benzene ring substituents is 1. The molecule has 6 heteroatoms. The van der Waals surface area contributed by atoms with Crippen LogP contribution in [-0.4, -0.2) is 23.4 Å². The van der Waals surface area contributed by atoms with Crippen LogP contribution in [0.25, 0.3) is 0 Å². The first-order valence-electron chi connectivity index (χ1n) is 6.09. The van der Waals surface area contributed by atoms with E-state index in [2.05, 4.69) is 10.6 Å². The molecular weight excluding hydrogens is 246 g/mol. The van der Waals surface area contributed by atoms with Gasteiger partial charge in [-0.2, -0.15) is 0 Å². The Hall–Kier alpha value is -2.11. The van der Waals surface area contributed by atoms with Gasteiger partial charge in [-0.1, -0.05) is 6.92 Å². The smallest absolute Gasteiger partial charge is 0.293 e. The van der Waals surface area contributed by atoms with Gasteiger partial charge in [0, 0.05) is 24.2 Å². The number of carbonyl (C=O) groups excluding carboxylic acids is 1. The molecule has 2 N–H and O–H groups in total. The van der Waals surface area contributed by atoms with Crippen LogP contribution < -0.4 is 10.6 Å². The van der Waals surface area contributed by atoms with Gasteiger partial charge in [0.25, 0.3) is 11.6 Å². The Labute approximate surface area is 112 Å². The van der Waals surface area contributed by atoms with Gasteiger partial charge in [0.2, 0.25) is 0 Å². The zero-order valence-corrected chi connectivity index (χ0v) is 11.6. The predicted octanol–water partition coefficient (Wildman–Crippen LogP) is 2.55. The molecule has 6 nitrogen and oxygen atoms in total. The van der Waals surface area contributed by atoms with E-state index in [-0.39, 0.29) is 22.7 Å². The first kappa shape index (κ1) is 14.9. The molecule has 1 rings (SSSR count). The maximum atomic E-state index is 12.0. The van der Waals surface area contributed by atoms with Crippen LogP contribution in [0.1, 0.15) is 37.6 Å². The van der Waals surface area contributed by atoms with Gasteiger partial charge in [-0.05, 0) is 32.4 Å². The van der Waals surface area contributed by atoms with Gasteiger partial charge in [-0.3, -0.25) is 14.9 Å². The van der Waals surface area contributed by atoms with E-state index >= 15 is 0 Å². The van der Waals surface area contributed by atoms with E-state index in [9.17, 15) is 14.9 Å². The Morgan fingerprint density at radius 3 is 2.53 bits per heavy atom. The molecule has 1 aromatic carbocycles. The number of nitrogens with zero attached hydrogens (tertiary/aromatic N) is 1. The van der Waals surface area contributed by atoms with E-state index < -0.39 is 4.92 Å². The Kier molecular flexibility index (Phi) is 4.47. The Morgan fingerprint density at radius 2 is 2.05 bits per heavy atom. The molecular formula is C13H19N3O3. The number of anilines is 1. The summed E-state index contributed by atoms with van der Waals surface area (Å²) < 4.78 is 0. The van der Waals surface area contributed by atoms with Crippen molar-refractivity contribution in [3.8, 4) is 0 Å². The number of nitro groups is 1. The van der Waals surface area contributed by atoms with Crippen LogP contribution in [-0.2, 0) is 0 Å². The molecule has 1 amide bonds. The van der Waals surface area contributed by atoms with Crippen LogP contribution in [0.5, 0.6) is 0 Å². The molecule has 0 aliphatic carbocycles. The highest BCUT2D eigenvalue weighted by Gasteiger charge is 2.21. The second-order valence-electron chi connectivity index (χ2n) is 4.93. The molecule has 19 heavy (non-hydrogen) atoms. The lowest BCUT2D eigenvalue weighted by atomic mass is 10.0. The number of nitrogens with one attached hydrogen (secondary N) is 2. The molecule has 0 bridgehead atoms. The van der Waals surface area contributed by atoms with Gasteiger partial charge in [0.05, 0.1) is 4.92 Å². The largest absolute Gasteiger partial charge is 0.383 e. The number of amides is 1. The Morgan fingerprint density at radius 1 is 1.42 bits per heavy atom. The molecule has 0 aromatic heterocycles. The third kappa shape index (κ3) is 3.67. The van der Waals surface area contributed by atoms with Crippen molar-refractivity contribution in [3.63, 3.8) is 0 Å². The Bertz CT molecular complexity index is 498. The van der Waals surface area contributed by atoms with Crippen molar-refractivity contribution in [1.29, 1.82) is 0 Å². The molecule has 0 fully saturated rings. The maximum absolute atomic E-state index is 12.0. The predicted molar refractivity (Wildman–Crippen MR) is 74.5 cm³/mol. The second kappa shape index (κ2) is 5.69. The highest BCUT2D eigenvalue weighted by atomic mass is 16.6. The van der Waals surface area contributed by atoms with E-state index in [4.69, 9.17) is 0 Å². The minimum absolute atomic E-state index is 0.107. The average Bonchev–Trinajstić information content (AvgIpc) is 2.37. The average molecular weight is 265 g/mol. The third-order valence-electron chi connectivity index (χ3n) is 3.06. The summed E-state index contributed by atoms with van der Waals surface area (Å²) >= 11 is 0. The number of rotatable bonds is 5. The van der Waals surface area contributed by atoms with Crippen molar-refractivity contribution in [2.75, 3.05) is 12.4 Å². The summed E-state index contributed by atoms with van der Waals surface area (Å²) in [6.07, 6.45) is 0.773. The highest BCUT2D eigenvalue weighted by Crippen LogP contribution is 2.25. The highest BCUT2D eigenvalue weighted by molar-refractivity contribution is 5.96. The van der Waals surface area contributed by atoms with Crippen molar-refractivity contribution in [2.24, 2.45) is 0 Å². The van der Waals surface area contributed by atoms with Gasteiger partial charge in [0.15, 0.2) is 0 Å². The first-order chi connectivity index (χ1) is 8.80. The molecule has 104 valence electrons. The zero-order chi connectivity index (χ0) is 14.6. The molecule has 0 atom stereocenters.